The molecule has 3 aromatic heterocycles. The number of nitrogens with zero attached hydrogens (tertiary/aromatic N) is 3. The first-order valence-electron chi connectivity index (χ1n) is 9.09. The van der Waals surface area contributed by atoms with Crippen molar-refractivity contribution in [2.45, 2.75) is 26.8 Å². The van der Waals surface area contributed by atoms with Crippen LogP contribution in [0.5, 0.6) is 0 Å². The zero-order valence-corrected chi connectivity index (χ0v) is 19.4. The number of thiophene rings is 1. The molecular formula is C20H17N3O5S3. The molecule has 1 atom stereocenters. The summed E-state index contributed by atoms with van der Waals surface area (Å²) >= 11 is 3.55. The van der Waals surface area contributed by atoms with E-state index in [1.54, 1.807) is 32.9 Å². The first kappa shape index (κ1) is 21.3. The average molecular weight is 476 g/mol. The van der Waals surface area contributed by atoms with Gasteiger partial charge in [-0.1, -0.05) is 17.4 Å². The van der Waals surface area contributed by atoms with Gasteiger partial charge in [0.25, 0.3) is 5.91 Å². The Kier molecular flexibility index (Phi) is 5.50. The van der Waals surface area contributed by atoms with Gasteiger partial charge in [0.1, 0.15) is 10.9 Å². The minimum Gasteiger partial charge on any atom is -0.503 e. The molecular weight excluding hydrogens is 458 g/mol. The van der Waals surface area contributed by atoms with Crippen molar-refractivity contribution in [2.75, 3.05) is 12.0 Å². The third-order valence-electron chi connectivity index (χ3n) is 4.74. The van der Waals surface area contributed by atoms with Gasteiger partial charge in [-0.15, -0.1) is 22.7 Å². The molecule has 1 amide bonds. The number of aryl methyl sites for hydroxylation is 3. The highest BCUT2D eigenvalue weighted by molar-refractivity contribution is 7.18. The number of anilines is 1. The van der Waals surface area contributed by atoms with Gasteiger partial charge >= 0.3 is 5.97 Å². The minimum atomic E-state index is -0.863. The number of Topliss-reactive ketones (excluding diaryl/α,β-unsaturated/α-hetero) is 1. The summed E-state index contributed by atoms with van der Waals surface area (Å²) in [5.74, 6) is -2.38. The van der Waals surface area contributed by atoms with Crippen molar-refractivity contribution in [2.24, 2.45) is 0 Å². The molecule has 1 N–H and O–H groups in total. The number of aliphatic hydroxyl groups is 1. The van der Waals surface area contributed by atoms with Crippen molar-refractivity contribution >= 4 is 56.8 Å². The van der Waals surface area contributed by atoms with E-state index in [0.717, 1.165) is 11.3 Å². The molecule has 0 fully saturated rings. The fraction of sp³-hybridized carbons (Fsp3) is 0.250. The van der Waals surface area contributed by atoms with Gasteiger partial charge in [-0.2, -0.15) is 0 Å². The lowest BCUT2D eigenvalue weighted by Gasteiger charge is -2.23. The van der Waals surface area contributed by atoms with E-state index in [0.29, 0.717) is 26.1 Å². The second kappa shape index (κ2) is 7.98. The molecule has 0 radical (unpaired) electrons. The van der Waals surface area contributed by atoms with E-state index < -0.39 is 29.5 Å². The number of methoxy groups -OCH3 is 1. The second-order valence-electron chi connectivity index (χ2n) is 6.73. The van der Waals surface area contributed by atoms with Crippen LogP contribution in [-0.2, 0) is 9.53 Å². The Morgan fingerprint density at radius 1 is 1.13 bits per heavy atom. The van der Waals surface area contributed by atoms with Crippen molar-refractivity contribution in [1.82, 2.24) is 9.97 Å². The fourth-order valence-electron chi connectivity index (χ4n) is 3.38. The summed E-state index contributed by atoms with van der Waals surface area (Å²) in [6.07, 6.45) is 0. The van der Waals surface area contributed by atoms with E-state index in [9.17, 15) is 19.5 Å². The molecule has 1 aliphatic heterocycles. The van der Waals surface area contributed by atoms with Crippen LogP contribution in [0.15, 0.2) is 28.8 Å². The summed E-state index contributed by atoms with van der Waals surface area (Å²) in [6.45, 7) is 5.14. The fourth-order valence-corrected chi connectivity index (χ4v) is 6.09. The van der Waals surface area contributed by atoms with Gasteiger partial charge in [0.05, 0.1) is 34.0 Å². The molecule has 0 bridgehead atoms. The van der Waals surface area contributed by atoms with Crippen molar-refractivity contribution in [3.05, 3.63) is 59.9 Å². The molecule has 4 heterocycles. The number of carbonyl (C=O) groups excluding carboxylic acids is 3. The molecule has 0 aliphatic carbocycles. The Hall–Kier alpha value is -2.89. The lowest BCUT2D eigenvalue weighted by atomic mass is 10.0. The van der Waals surface area contributed by atoms with Crippen LogP contribution in [0.3, 0.4) is 0 Å². The number of rotatable bonds is 5. The molecule has 4 rings (SSSR count). The van der Waals surface area contributed by atoms with E-state index in [1.165, 1.54) is 34.7 Å². The predicted octanol–water partition coefficient (Wildman–Crippen LogP) is 4.16. The zero-order chi connectivity index (χ0) is 22.4. The molecule has 1 unspecified atom stereocenters. The SMILES string of the molecule is COC(=O)c1sc(N2C(=O)C(O)=C(C(=O)c3sc(C)nc3C)C2c2cccs2)nc1C. The first-order chi connectivity index (χ1) is 14.7. The molecule has 160 valence electrons. The van der Waals surface area contributed by atoms with Gasteiger partial charge < -0.3 is 9.84 Å². The monoisotopic (exact) mass is 475 g/mol. The molecule has 8 nitrogen and oxygen atoms in total. The number of amides is 1. The second-order valence-corrected chi connectivity index (χ2v) is 9.89. The number of aliphatic hydroxyl groups excluding tert-OH is 1. The molecule has 0 saturated carbocycles. The molecule has 31 heavy (non-hydrogen) atoms. The highest BCUT2D eigenvalue weighted by Gasteiger charge is 2.47. The van der Waals surface area contributed by atoms with E-state index in [2.05, 4.69) is 9.97 Å². The lowest BCUT2D eigenvalue weighted by molar-refractivity contribution is -0.117. The zero-order valence-electron chi connectivity index (χ0n) is 17.0. The van der Waals surface area contributed by atoms with E-state index >= 15 is 0 Å². The normalized spacial score (nSPS) is 16.3. The van der Waals surface area contributed by atoms with Crippen molar-refractivity contribution in [1.29, 1.82) is 0 Å². The number of aromatic nitrogens is 2. The topological polar surface area (TPSA) is 110 Å². The van der Waals surface area contributed by atoms with Crippen LogP contribution in [0.1, 0.15) is 46.7 Å². The Balaban J connectivity index is 1.85. The molecule has 0 spiro atoms. The average Bonchev–Trinajstić information content (AvgIpc) is 3.49. The first-order valence-corrected chi connectivity index (χ1v) is 11.6. The Labute approximate surface area is 189 Å². The standard InChI is InChI=1S/C20H17N3O5S3/c1-8-16(30-10(3)21-8)14(24)12-13(11-6-5-7-29-11)23(18(26)15(12)25)20-22-9(2)17(31-20)19(27)28-4/h5-7,13,25H,1-4H3. The lowest BCUT2D eigenvalue weighted by Crippen LogP contribution is -2.30. The van der Waals surface area contributed by atoms with Crippen molar-refractivity contribution < 1.29 is 24.2 Å². The molecule has 0 saturated heterocycles. The van der Waals surface area contributed by atoms with Gasteiger partial charge in [-0.25, -0.2) is 14.8 Å². The van der Waals surface area contributed by atoms with Gasteiger partial charge in [0.2, 0.25) is 5.78 Å². The van der Waals surface area contributed by atoms with Crippen molar-refractivity contribution in [3.8, 4) is 0 Å². The van der Waals surface area contributed by atoms with Crippen LogP contribution in [0.4, 0.5) is 5.13 Å². The van der Waals surface area contributed by atoms with Gasteiger partial charge in [-0.3, -0.25) is 14.5 Å². The summed E-state index contributed by atoms with van der Waals surface area (Å²) in [5.41, 5.74) is 0.922. The summed E-state index contributed by atoms with van der Waals surface area (Å²) in [6, 6.07) is 2.72. The maximum absolute atomic E-state index is 13.4. The summed E-state index contributed by atoms with van der Waals surface area (Å²) in [5, 5.41) is 13.5. The number of carbonyl (C=O) groups is 3. The van der Waals surface area contributed by atoms with Gasteiger partial charge in [0.15, 0.2) is 10.9 Å². The Morgan fingerprint density at radius 3 is 2.42 bits per heavy atom. The number of hydrogen-bond donors (Lipinski definition) is 1. The molecule has 0 aromatic carbocycles. The third kappa shape index (κ3) is 3.48. The Bertz CT molecular complexity index is 1240. The van der Waals surface area contributed by atoms with Crippen LogP contribution in [0, 0.1) is 20.8 Å². The highest BCUT2D eigenvalue weighted by atomic mass is 32.1. The number of ketones is 1. The highest BCUT2D eigenvalue weighted by Crippen LogP contribution is 2.45. The van der Waals surface area contributed by atoms with Crippen LogP contribution in [0.2, 0.25) is 0 Å². The quantitative estimate of drug-likeness (QED) is 0.436. The van der Waals surface area contributed by atoms with Crippen LogP contribution >= 0.6 is 34.0 Å². The summed E-state index contributed by atoms with van der Waals surface area (Å²) in [7, 11) is 1.26. The third-order valence-corrected chi connectivity index (χ3v) is 7.87. The molecule has 3 aromatic rings. The minimum absolute atomic E-state index is 0.0216. The van der Waals surface area contributed by atoms with Gasteiger partial charge in [-0.05, 0) is 32.2 Å². The van der Waals surface area contributed by atoms with Gasteiger partial charge in [0, 0.05) is 4.88 Å². The number of ether oxygens (including phenoxy) is 1. The predicted molar refractivity (Wildman–Crippen MR) is 118 cm³/mol. The maximum atomic E-state index is 13.4. The number of thiazole rings is 2. The molecule has 1 aliphatic rings. The summed E-state index contributed by atoms with van der Waals surface area (Å²) < 4.78 is 4.78. The van der Waals surface area contributed by atoms with Crippen molar-refractivity contribution in [3.63, 3.8) is 0 Å². The van der Waals surface area contributed by atoms with Crippen LogP contribution < -0.4 is 4.90 Å². The van der Waals surface area contributed by atoms with E-state index in [-0.39, 0.29) is 15.6 Å². The maximum Gasteiger partial charge on any atom is 0.350 e. The van der Waals surface area contributed by atoms with E-state index in [4.69, 9.17) is 4.74 Å². The largest absolute Gasteiger partial charge is 0.503 e. The number of hydrogen-bond acceptors (Lipinski definition) is 10. The molecule has 11 heteroatoms. The van der Waals surface area contributed by atoms with Crippen LogP contribution in [-0.4, -0.2) is 39.8 Å². The Morgan fingerprint density at radius 2 is 1.84 bits per heavy atom. The van der Waals surface area contributed by atoms with Crippen LogP contribution in [0.25, 0.3) is 0 Å². The summed E-state index contributed by atoms with van der Waals surface area (Å²) in [4.78, 5) is 49.8. The number of esters is 1. The smallest absolute Gasteiger partial charge is 0.350 e. The van der Waals surface area contributed by atoms with E-state index in [1.807, 2.05) is 5.38 Å².